The smallest absolute Gasteiger partial charge is 0.254 e. The minimum absolute atomic E-state index is 0.0954. The lowest BCUT2D eigenvalue weighted by Gasteiger charge is -2.35. The molecule has 3 fully saturated rings. The number of piperazine rings is 1. The molecule has 2 N–H and O–H groups in total. The Bertz CT molecular complexity index is 855. The zero-order chi connectivity index (χ0) is 22.5. The van der Waals surface area contributed by atoms with Gasteiger partial charge in [0.05, 0.1) is 36.9 Å². The van der Waals surface area contributed by atoms with Crippen LogP contribution in [-0.4, -0.2) is 84.7 Å². The monoisotopic (exact) mass is 462 g/mol. The van der Waals surface area contributed by atoms with Crippen LogP contribution in [0.4, 0.5) is 5.82 Å². The predicted molar refractivity (Wildman–Crippen MR) is 116 cm³/mol. The van der Waals surface area contributed by atoms with Crippen molar-refractivity contribution >= 4 is 29.2 Å². The highest BCUT2D eigenvalue weighted by Crippen LogP contribution is 2.24. The maximum absolute atomic E-state index is 12.7. The number of carbonyl (C=O) groups excluding carboxylic acids is 2. The topological polar surface area (TPSA) is 120 Å². The molecule has 3 aliphatic heterocycles. The Kier molecular flexibility index (Phi) is 7.42. The SMILES string of the molecule is N#Cc1ccc(N2CCN(C(=O)C[C@H]3CC[C@@H](COC4CNNC(=O)C4Cl)O3)CC2)nc1. The zero-order valence-corrected chi connectivity index (χ0v) is 18.5. The number of carbonyl (C=O) groups is 2. The summed E-state index contributed by atoms with van der Waals surface area (Å²) in [6, 6.07) is 5.66. The van der Waals surface area contributed by atoms with E-state index in [2.05, 4.69) is 26.8 Å². The summed E-state index contributed by atoms with van der Waals surface area (Å²) < 4.78 is 11.8. The van der Waals surface area contributed by atoms with Gasteiger partial charge in [0.2, 0.25) is 5.91 Å². The van der Waals surface area contributed by atoms with Crippen LogP contribution in [0.2, 0.25) is 0 Å². The Morgan fingerprint density at radius 1 is 1.28 bits per heavy atom. The molecule has 10 nitrogen and oxygen atoms in total. The van der Waals surface area contributed by atoms with Crippen LogP contribution in [0.25, 0.3) is 0 Å². The van der Waals surface area contributed by atoms with Gasteiger partial charge in [0.15, 0.2) is 0 Å². The van der Waals surface area contributed by atoms with E-state index in [0.29, 0.717) is 51.3 Å². The van der Waals surface area contributed by atoms with Crippen molar-refractivity contribution in [3.8, 4) is 6.07 Å². The molecule has 0 spiro atoms. The van der Waals surface area contributed by atoms with Gasteiger partial charge in [-0.3, -0.25) is 15.0 Å². The Balaban J connectivity index is 1.17. The van der Waals surface area contributed by atoms with Gasteiger partial charge in [-0.15, -0.1) is 11.6 Å². The lowest BCUT2D eigenvalue weighted by Crippen LogP contribution is -2.57. The summed E-state index contributed by atoms with van der Waals surface area (Å²) in [5.74, 6) is 0.620. The molecule has 11 heteroatoms. The van der Waals surface area contributed by atoms with Crippen LogP contribution < -0.4 is 15.8 Å². The lowest BCUT2D eigenvalue weighted by atomic mass is 10.1. The molecule has 3 aliphatic rings. The number of ether oxygens (including phenoxy) is 2. The van der Waals surface area contributed by atoms with Gasteiger partial charge in [-0.05, 0) is 25.0 Å². The van der Waals surface area contributed by atoms with Gasteiger partial charge < -0.3 is 19.3 Å². The molecule has 0 saturated carbocycles. The van der Waals surface area contributed by atoms with Gasteiger partial charge in [0, 0.05) is 38.9 Å². The summed E-state index contributed by atoms with van der Waals surface area (Å²) in [6.45, 7) is 3.47. The van der Waals surface area contributed by atoms with Gasteiger partial charge in [0.25, 0.3) is 5.91 Å². The van der Waals surface area contributed by atoms with Crippen molar-refractivity contribution in [2.45, 2.75) is 43.0 Å². The van der Waals surface area contributed by atoms with Crippen LogP contribution in [0.15, 0.2) is 18.3 Å². The molecule has 0 aromatic carbocycles. The number of nitrogens with one attached hydrogen (secondary N) is 2. The number of pyridine rings is 1. The molecule has 2 unspecified atom stereocenters. The van der Waals surface area contributed by atoms with E-state index in [-0.39, 0.29) is 24.0 Å². The number of amides is 2. The number of nitriles is 1. The van der Waals surface area contributed by atoms with Crippen LogP contribution in [0, 0.1) is 11.3 Å². The third-order valence-corrected chi connectivity index (χ3v) is 6.50. The van der Waals surface area contributed by atoms with Crippen molar-refractivity contribution in [2.24, 2.45) is 0 Å². The molecule has 32 heavy (non-hydrogen) atoms. The molecule has 0 aliphatic carbocycles. The van der Waals surface area contributed by atoms with E-state index < -0.39 is 11.5 Å². The highest BCUT2D eigenvalue weighted by molar-refractivity contribution is 6.31. The maximum atomic E-state index is 12.7. The van der Waals surface area contributed by atoms with E-state index >= 15 is 0 Å². The Labute approximate surface area is 191 Å². The molecule has 172 valence electrons. The summed E-state index contributed by atoms with van der Waals surface area (Å²) in [5.41, 5.74) is 5.77. The average Bonchev–Trinajstić information content (AvgIpc) is 3.27. The van der Waals surface area contributed by atoms with E-state index in [1.807, 2.05) is 11.0 Å². The minimum Gasteiger partial charge on any atom is -0.372 e. The Morgan fingerprint density at radius 2 is 2.06 bits per heavy atom. The summed E-state index contributed by atoms with van der Waals surface area (Å²) in [4.78, 5) is 32.6. The average molecular weight is 463 g/mol. The number of anilines is 1. The number of hydrogen-bond acceptors (Lipinski definition) is 8. The maximum Gasteiger partial charge on any atom is 0.254 e. The predicted octanol–water partition coefficient (Wildman–Crippen LogP) is 0.167. The first-order chi connectivity index (χ1) is 15.5. The second-order valence-corrected chi connectivity index (χ2v) is 8.66. The molecule has 1 aromatic rings. The first-order valence-corrected chi connectivity index (χ1v) is 11.3. The highest BCUT2D eigenvalue weighted by Gasteiger charge is 2.34. The summed E-state index contributed by atoms with van der Waals surface area (Å²) in [5, 5.41) is 8.16. The number of alkyl halides is 1. The van der Waals surface area contributed by atoms with Gasteiger partial charge >= 0.3 is 0 Å². The van der Waals surface area contributed by atoms with Crippen molar-refractivity contribution in [1.82, 2.24) is 20.7 Å². The molecular formula is C21H27ClN6O4. The Morgan fingerprint density at radius 3 is 2.78 bits per heavy atom. The highest BCUT2D eigenvalue weighted by atomic mass is 35.5. The number of hydrazine groups is 1. The molecule has 4 heterocycles. The van der Waals surface area contributed by atoms with Crippen LogP contribution >= 0.6 is 11.6 Å². The van der Waals surface area contributed by atoms with Crippen molar-refractivity contribution in [2.75, 3.05) is 44.2 Å². The van der Waals surface area contributed by atoms with E-state index in [4.69, 9.17) is 26.3 Å². The molecule has 4 rings (SSSR count). The standard InChI is InChI=1S/C21H27ClN6O4/c22-20-17(12-25-26-21(20)30)31-13-16-3-2-15(32-16)9-19(29)28-7-5-27(6-8-28)18-4-1-14(10-23)11-24-18/h1,4,11,15-17,20,25H,2-3,5-9,12-13H2,(H,26,30)/t15-,16+,17?,20?/m1/s1. The first kappa shape index (κ1) is 22.7. The van der Waals surface area contributed by atoms with E-state index in [1.54, 1.807) is 12.3 Å². The number of halogens is 1. The molecular weight excluding hydrogens is 436 g/mol. The zero-order valence-electron chi connectivity index (χ0n) is 17.7. The largest absolute Gasteiger partial charge is 0.372 e. The van der Waals surface area contributed by atoms with Crippen molar-refractivity contribution in [1.29, 1.82) is 5.26 Å². The number of aromatic nitrogens is 1. The van der Waals surface area contributed by atoms with Crippen LogP contribution in [0.3, 0.4) is 0 Å². The fraction of sp³-hybridized carbons (Fsp3) is 0.619. The van der Waals surface area contributed by atoms with Crippen molar-refractivity contribution in [3.05, 3.63) is 23.9 Å². The molecule has 2 amide bonds. The summed E-state index contributed by atoms with van der Waals surface area (Å²) >= 11 is 6.08. The lowest BCUT2D eigenvalue weighted by molar-refractivity contribution is -0.136. The second kappa shape index (κ2) is 10.4. The fourth-order valence-corrected chi connectivity index (χ4v) is 4.37. The molecule has 0 radical (unpaired) electrons. The van der Waals surface area contributed by atoms with Gasteiger partial charge in [-0.25, -0.2) is 10.4 Å². The normalized spacial score (nSPS) is 28.3. The molecule has 1 aromatic heterocycles. The fourth-order valence-electron chi connectivity index (χ4n) is 4.16. The van der Waals surface area contributed by atoms with Crippen LogP contribution in [-0.2, 0) is 19.1 Å². The van der Waals surface area contributed by atoms with Gasteiger partial charge in [0.1, 0.15) is 17.3 Å². The van der Waals surface area contributed by atoms with E-state index in [9.17, 15) is 9.59 Å². The first-order valence-electron chi connectivity index (χ1n) is 10.9. The summed E-state index contributed by atoms with van der Waals surface area (Å²) in [6.07, 6.45) is 2.93. The van der Waals surface area contributed by atoms with Crippen LogP contribution in [0.5, 0.6) is 0 Å². The van der Waals surface area contributed by atoms with Gasteiger partial charge in [-0.1, -0.05) is 0 Å². The van der Waals surface area contributed by atoms with E-state index in [0.717, 1.165) is 18.7 Å². The molecule has 0 bridgehead atoms. The van der Waals surface area contributed by atoms with E-state index in [1.165, 1.54) is 0 Å². The Hall–Kier alpha value is -2.45. The third kappa shape index (κ3) is 5.48. The second-order valence-electron chi connectivity index (χ2n) is 8.19. The van der Waals surface area contributed by atoms with Crippen molar-refractivity contribution in [3.63, 3.8) is 0 Å². The molecule has 4 atom stereocenters. The summed E-state index contributed by atoms with van der Waals surface area (Å²) in [7, 11) is 0. The number of hydrogen-bond donors (Lipinski definition) is 2. The van der Waals surface area contributed by atoms with Gasteiger partial charge in [-0.2, -0.15) is 5.26 Å². The molecule has 3 saturated heterocycles. The number of rotatable bonds is 6. The van der Waals surface area contributed by atoms with Crippen LogP contribution in [0.1, 0.15) is 24.8 Å². The van der Waals surface area contributed by atoms with Crippen molar-refractivity contribution < 1.29 is 19.1 Å². The third-order valence-electron chi connectivity index (χ3n) is 6.02. The minimum atomic E-state index is -0.729. The quantitative estimate of drug-likeness (QED) is 0.574. The number of nitrogens with zero attached hydrogens (tertiary/aromatic N) is 4.